The van der Waals surface area contributed by atoms with E-state index in [9.17, 15) is 0 Å². The Hall–Kier alpha value is -0.680. The highest BCUT2D eigenvalue weighted by Gasteiger charge is 1.95. The molecule has 0 aliphatic heterocycles. The monoisotopic (exact) mass is 215 g/mol. The summed E-state index contributed by atoms with van der Waals surface area (Å²) in [5.41, 5.74) is 1.73. The average Bonchev–Trinajstić information content (AvgIpc) is 2.63. The number of anilines is 1. The molecule has 0 amide bonds. The highest BCUT2D eigenvalue weighted by molar-refractivity contribution is 7.13. The molecule has 4 nitrogen and oxygen atoms in total. The Morgan fingerprint density at radius 2 is 2.36 bits per heavy atom. The van der Waals surface area contributed by atoms with Crippen LogP contribution >= 0.6 is 11.3 Å². The maximum atomic E-state index is 5.43. The van der Waals surface area contributed by atoms with Gasteiger partial charge >= 0.3 is 0 Å². The molecule has 0 aliphatic rings. The molecule has 80 valence electrons. The van der Waals surface area contributed by atoms with E-state index in [1.807, 2.05) is 0 Å². The zero-order valence-corrected chi connectivity index (χ0v) is 9.51. The van der Waals surface area contributed by atoms with Crippen molar-refractivity contribution in [2.24, 2.45) is 0 Å². The molecule has 0 saturated heterocycles. The van der Waals surface area contributed by atoms with E-state index in [4.69, 9.17) is 4.74 Å². The molecular formula is C9H17N3OS. The van der Waals surface area contributed by atoms with Crippen LogP contribution in [0.4, 0.5) is 5.13 Å². The Balaban J connectivity index is 1.90. The SMILES string of the molecule is CC(C)OCCCCNc1nncs1. The smallest absolute Gasteiger partial charge is 0.205 e. The quantitative estimate of drug-likeness (QED) is 0.708. The summed E-state index contributed by atoms with van der Waals surface area (Å²) in [6, 6.07) is 0. The largest absolute Gasteiger partial charge is 0.379 e. The maximum absolute atomic E-state index is 5.43. The highest BCUT2D eigenvalue weighted by Crippen LogP contribution is 2.07. The predicted octanol–water partition coefficient (Wildman–Crippen LogP) is 2.16. The molecule has 1 rings (SSSR count). The molecule has 14 heavy (non-hydrogen) atoms. The molecule has 0 atom stereocenters. The lowest BCUT2D eigenvalue weighted by molar-refractivity contribution is 0.0765. The molecule has 1 heterocycles. The molecule has 0 radical (unpaired) electrons. The molecule has 1 aromatic heterocycles. The third-order valence-corrected chi connectivity index (χ3v) is 2.31. The van der Waals surface area contributed by atoms with Crippen LogP contribution in [0.2, 0.25) is 0 Å². The number of ether oxygens (including phenoxy) is 1. The van der Waals surface area contributed by atoms with Gasteiger partial charge in [-0.3, -0.25) is 0 Å². The predicted molar refractivity (Wildman–Crippen MR) is 58.7 cm³/mol. The number of aromatic nitrogens is 2. The van der Waals surface area contributed by atoms with Gasteiger partial charge < -0.3 is 10.1 Å². The van der Waals surface area contributed by atoms with E-state index in [0.717, 1.165) is 31.1 Å². The Kier molecular flexibility index (Phi) is 5.47. The molecule has 0 spiro atoms. The highest BCUT2D eigenvalue weighted by atomic mass is 32.1. The van der Waals surface area contributed by atoms with Crippen molar-refractivity contribution in [2.45, 2.75) is 32.8 Å². The fourth-order valence-corrected chi connectivity index (χ4v) is 1.47. The van der Waals surface area contributed by atoms with Crippen molar-refractivity contribution in [1.82, 2.24) is 10.2 Å². The Morgan fingerprint density at radius 1 is 1.50 bits per heavy atom. The number of unbranched alkanes of at least 4 members (excludes halogenated alkanes) is 1. The minimum absolute atomic E-state index is 0.339. The molecule has 0 bridgehead atoms. The van der Waals surface area contributed by atoms with E-state index in [1.165, 1.54) is 11.3 Å². The standard InChI is InChI=1S/C9H17N3OS/c1-8(2)13-6-4-3-5-10-9-12-11-7-14-9/h7-8H,3-6H2,1-2H3,(H,10,12). The van der Waals surface area contributed by atoms with Crippen LogP contribution in [0.15, 0.2) is 5.51 Å². The van der Waals surface area contributed by atoms with Crippen molar-refractivity contribution in [3.05, 3.63) is 5.51 Å². The van der Waals surface area contributed by atoms with Crippen LogP contribution in [0, 0.1) is 0 Å². The molecule has 0 saturated carbocycles. The number of nitrogens with one attached hydrogen (secondary N) is 1. The molecule has 5 heteroatoms. The van der Waals surface area contributed by atoms with Crippen molar-refractivity contribution in [2.75, 3.05) is 18.5 Å². The summed E-state index contributed by atoms with van der Waals surface area (Å²) in [4.78, 5) is 0. The van der Waals surface area contributed by atoms with Crippen LogP contribution in [0.1, 0.15) is 26.7 Å². The summed E-state index contributed by atoms with van der Waals surface area (Å²) < 4.78 is 5.43. The first-order valence-corrected chi connectivity index (χ1v) is 5.78. The van der Waals surface area contributed by atoms with Gasteiger partial charge in [0.25, 0.3) is 0 Å². The van der Waals surface area contributed by atoms with Crippen LogP contribution in [0.5, 0.6) is 0 Å². The van der Waals surface area contributed by atoms with Crippen LogP contribution in [0.3, 0.4) is 0 Å². The number of rotatable bonds is 7. The fraction of sp³-hybridized carbons (Fsp3) is 0.778. The van der Waals surface area contributed by atoms with Crippen molar-refractivity contribution < 1.29 is 4.74 Å². The van der Waals surface area contributed by atoms with Gasteiger partial charge in [0.1, 0.15) is 5.51 Å². The molecule has 1 N–H and O–H groups in total. The molecular weight excluding hydrogens is 198 g/mol. The van der Waals surface area contributed by atoms with E-state index in [2.05, 4.69) is 29.4 Å². The first-order valence-electron chi connectivity index (χ1n) is 4.90. The number of nitrogens with zero attached hydrogens (tertiary/aromatic N) is 2. The summed E-state index contributed by atoms with van der Waals surface area (Å²) in [5, 5.41) is 11.7. The topological polar surface area (TPSA) is 47.0 Å². The van der Waals surface area contributed by atoms with Crippen molar-refractivity contribution >= 4 is 16.5 Å². The molecule has 0 unspecified atom stereocenters. The lowest BCUT2D eigenvalue weighted by Gasteiger charge is -2.06. The van der Waals surface area contributed by atoms with Gasteiger partial charge in [0, 0.05) is 13.2 Å². The van der Waals surface area contributed by atoms with E-state index >= 15 is 0 Å². The van der Waals surface area contributed by atoms with Gasteiger partial charge in [-0.15, -0.1) is 10.2 Å². The van der Waals surface area contributed by atoms with E-state index in [-0.39, 0.29) is 0 Å². The summed E-state index contributed by atoms with van der Waals surface area (Å²) in [7, 11) is 0. The summed E-state index contributed by atoms with van der Waals surface area (Å²) in [5.74, 6) is 0. The Labute approximate surface area is 88.7 Å². The van der Waals surface area contributed by atoms with Crippen molar-refractivity contribution in [3.63, 3.8) is 0 Å². The average molecular weight is 215 g/mol. The van der Waals surface area contributed by atoms with Crippen molar-refractivity contribution in [3.8, 4) is 0 Å². The minimum Gasteiger partial charge on any atom is -0.379 e. The van der Waals surface area contributed by atoms with E-state index in [0.29, 0.717) is 6.10 Å². The second kappa shape index (κ2) is 6.73. The van der Waals surface area contributed by atoms with E-state index < -0.39 is 0 Å². The molecule has 0 aromatic carbocycles. The van der Waals surface area contributed by atoms with Crippen LogP contribution in [-0.2, 0) is 4.74 Å². The summed E-state index contributed by atoms with van der Waals surface area (Å²) in [6.45, 7) is 5.89. The lowest BCUT2D eigenvalue weighted by Crippen LogP contribution is -2.06. The maximum Gasteiger partial charge on any atom is 0.205 e. The van der Waals surface area contributed by atoms with Crippen molar-refractivity contribution in [1.29, 1.82) is 0 Å². The van der Waals surface area contributed by atoms with Gasteiger partial charge in [-0.25, -0.2) is 0 Å². The normalized spacial score (nSPS) is 10.8. The summed E-state index contributed by atoms with van der Waals surface area (Å²) in [6.07, 6.45) is 2.53. The molecule has 0 aliphatic carbocycles. The third kappa shape index (κ3) is 5.14. The van der Waals surface area contributed by atoms with Gasteiger partial charge in [0.2, 0.25) is 5.13 Å². The Morgan fingerprint density at radius 3 is 3.00 bits per heavy atom. The summed E-state index contributed by atoms with van der Waals surface area (Å²) >= 11 is 1.53. The third-order valence-electron chi connectivity index (χ3n) is 1.66. The zero-order chi connectivity index (χ0) is 10.2. The second-order valence-corrected chi connectivity index (χ2v) is 4.13. The first kappa shape index (κ1) is 11.4. The van der Waals surface area contributed by atoms with Gasteiger partial charge in [0.15, 0.2) is 0 Å². The molecule has 1 aromatic rings. The van der Waals surface area contributed by atoms with E-state index in [1.54, 1.807) is 5.51 Å². The zero-order valence-electron chi connectivity index (χ0n) is 8.69. The van der Waals surface area contributed by atoms with Crippen LogP contribution in [-0.4, -0.2) is 29.5 Å². The van der Waals surface area contributed by atoms with Gasteiger partial charge in [-0.05, 0) is 26.7 Å². The Bertz CT molecular complexity index is 226. The number of hydrogen-bond acceptors (Lipinski definition) is 5. The van der Waals surface area contributed by atoms with Crippen LogP contribution in [0.25, 0.3) is 0 Å². The van der Waals surface area contributed by atoms with Crippen LogP contribution < -0.4 is 5.32 Å². The molecule has 0 fully saturated rings. The fourth-order valence-electron chi connectivity index (χ4n) is 0.992. The van der Waals surface area contributed by atoms with Gasteiger partial charge in [-0.2, -0.15) is 0 Å². The van der Waals surface area contributed by atoms with Gasteiger partial charge in [-0.1, -0.05) is 11.3 Å². The first-order chi connectivity index (χ1) is 6.79. The second-order valence-electron chi connectivity index (χ2n) is 3.30. The number of hydrogen-bond donors (Lipinski definition) is 1. The lowest BCUT2D eigenvalue weighted by atomic mass is 10.3. The van der Waals surface area contributed by atoms with Gasteiger partial charge in [0.05, 0.1) is 6.10 Å². The minimum atomic E-state index is 0.339.